The van der Waals surface area contributed by atoms with Crippen LogP contribution in [0.15, 0.2) is 12.2 Å². The van der Waals surface area contributed by atoms with E-state index in [1.54, 1.807) is 48.6 Å². The summed E-state index contributed by atoms with van der Waals surface area (Å²) >= 11 is 0. The molecule has 510 valence electrons. The molecule has 89 heavy (non-hydrogen) atoms. The molecule has 0 aromatic carbocycles. The number of nitrogens with zero attached hydrogens (tertiary/aromatic N) is 6. The van der Waals surface area contributed by atoms with Gasteiger partial charge in [0.1, 0.15) is 67.0 Å². The number of carboxylic acid groups (broad SMARTS) is 1. The van der Waals surface area contributed by atoms with Gasteiger partial charge in [-0.15, -0.1) is 0 Å². The third-order valence-electron chi connectivity index (χ3n) is 16.1. The maximum atomic E-state index is 15.0. The zero-order chi connectivity index (χ0) is 68.6. The number of carboxylic acids is 1. The van der Waals surface area contributed by atoms with Crippen molar-refractivity contribution in [2.45, 2.75) is 228 Å². The number of likely N-dealkylation sites (N-methyl/N-ethyl adjacent to an activating group) is 6. The molecule has 0 saturated carbocycles. The van der Waals surface area contributed by atoms with Gasteiger partial charge in [-0.05, 0) is 115 Å². The first-order valence-corrected chi connectivity index (χ1v) is 31.6. The number of nitrogens with one attached hydrogen (secondary N) is 5. The maximum Gasteiger partial charge on any atom is 0.323 e. The molecule has 0 aromatic heterocycles. The minimum Gasteiger partial charge on any atom is -0.480 e. The summed E-state index contributed by atoms with van der Waals surface area (Å²) in [5.41, 5.74) is 0. The van der Waals surface area contributed by atoms with Crippen LogP contribution in [-0.2, 0) is 62.3 Å². The zero-order valence-corrected chi connectivity index (χ0v) is 57.5. The highest BCUT2D eigenvalue weighted by Crippen LogP contribution is 2.34. The van der Waals surface area contributed by atoms with Gasteiger partial charge >= 0.3 is 5.97 Å². The van der Waals surface area contributed by atoms with E-state index >= 15 is 4.79 Å². The second-order valence-electron chi connectivity index (χ2n) is 25.9. The van der Waals surface area contributed by atoms with Crippen molar-refractivity contribution in [2.24, 2.45) is 35.5 Å². The van der Waals surface area contributed by atoms with Gasteiger partial charge in [-0.3, -0.25) is 57.6 Å². The summed E-state index contributed by atoms with van der Waals surface area (Å²) in [6.45, 7) is 27.9. The van der Waals surface area contributed by atoms with Crippen molar-refractivity contribution in [1.29, 1.82) is 0 Å². The molecular formula is C63H113N11O15. The first-order valence-electron chi connectivity index (χ1n) is 31.6. The number of hydroxylamine groups is 2. The van der Waals surface area contributed by atoms with Gasteiger partial charge in [-0.2, -0.15) is 0 Å². The number of carbonyl (C=O) groups is 11. The summed E-state index contributed by atoms with van der Waals surface area (Å²) in [5, 5.41) is 33.3. The summed E-state index contributed by atoms with van der Waals surface area (Å²) in [4.78, 5) is 166. The Morgan fingerprint density at radius 2 is 1.10 bits per heavy atom. The minimum absolute atomic E-state index is 0.0175. The number of carbonyl (C=O) groups excluding carboxylic acids is 10. The minimum atomic E-state index is -1.24. The molecule has 0 aromatic rings. The summed E-state index contributed by atoms with van der Waals surface area (Å²) in [5.74, 6) is -9.23. The summed E-state index contributed by atoms with van der Waals surface area (Å²) in [7, 11) is 8.70. The van der Waals surface area contributed by atoms with Gasteiger partial charge in [0.05, 0.1) is 6.10 Å². The second-order valence-corrected chi connectivity index (χ2v) is 25.9. The third kappa shape index (κ3) is 23.8. The summed E-state index contributed by atoms with van der Waals surface area (Å²) < 4.78 is 5.83. The lowest BCUT2D eigenvalue weighted by atomic mass is 9.90. The van der Waals surface area contributed by atoms with Crippen LogP contribution in [0.2, 0.25) is 0 Å². The summed E-state index contributed by atoms with van der Waals surface area (Å²) in [6.07, 6.45) is 4.56. The van der Waals surface area contributed by atoms with Crippen LogP contribution in [0, 0.1) is 35.5 Å². The second kappa shape index (κ2) is 38.4. The molecule has 0 bridgehead atoms. The van der Waals surface area contributed by atoms with E-state index in [9.17, 15) is 53.1 Å². The number of allylic oxidation sites excluding steroid dienone is 2. The molecule has 0 radical (unpaired) electrons. The van der Waals surface area contributed by atoms with E-state index in [1.807, 2.05) is 67.5 Å². The van der Waals surface area contributed by atoms with Crippen molar-refractivity contribution < 1.29 is 72.5 Å². The first-order chi connectivity index (χ1) is 41.4. The lowest BCUT2D eigenvalue weighted by Crippen LogP contribution is -2.71. The lowest BCUT2D eigenvalue weighted by Gasteiger charge is -2.50. The van der Waals surface area contributed by atoms with Crippen LogP contribution < -0.4 is 26.6 Å². The Labute approximate surface area is 530 Å². The van der Waals surface area contributed by atoms with Gasteiger partial charge in [-0.25, -0.2) is 5.06 Å². The van der Waals surface area contributed by atoms with Crippen LogP contribution in [0.3, 0.4) is 0 Å². The Morgan fingerprint density at radius 3 is 1.57 bits per heavy atom. The quantitative estimate of drug-likeness (QED) is 0.0344. The fourth-order valence-electron chi connectivity index (χ4n) is 10.8. The third-order valence-corrected chi connectivity index (χ3v) is 16.1. The normalized spacial score (nSPS) is 17.9. The largest absolute Gasteiger partial charge is 0.480 e. The van der Waals surface area contributed by atoms with Crippen LogP contribution in [0.4, 0.5) is 0 Å². The van der Waals surface area contributed by atoms with Crippen LogP contribution in [-0.4, -0.2) is 239 Å². The van der Waals surface area contributed by atoms with Crippen molar-refractivity contribution in [3.8, 4) is 0 Å². The molecule has 1 saturated heterocycles. The number of amides is 10. The molecule has 0 spiro atoms. The molecule has 1 aliphatic rings. The zero-order valence-electron chi connectivity index (χ0n) is 57.5. The Kier molecular flexibility index (Phi) is 34.9. The maximum absolute atomic E-state index is 15.0. The van der Waals surface area contributed by atoms with Crippen molar-refractivity contribution in [3.63, 3.8) is 0 Å². The summed E-state index contributed by atoms with van der Waals surface area (Å²) in [6, 6.07) is -11.3. The van der Waals surface area contributed by atoms with Crippen molar-refractivity contribution in [1.82, 2.24) is 56.1 Å². The molecule has 10 amide bonds. The van der Waals surface area contributed by atoms with E-state index in [2.05, 4.69) is 26.6 Å². The fraction of sp³-hybridized carbons (Fsp3) is 0.794. The van der Waals surface area contributed by atoms with E-state index in [4.69, 9.17) is 14.7 Å². The van der Waals surface area contributed by atoms with Crippen LogP contribution in [0.1, 0.15) is 156 Å². The Hall–Kier alpha value is -6.25. The van der Waals surface area contributed by atoms with E-state index in [1.165, 1.54) is 68.7 Å². The highest BCUT2D eigenvalue weighted by Gasteiger charge is 2.54. The van der Waals surface area contributed by atoms with Gasteiger partial charge < -0.3 is 66.0 Å². The van der Waals surface area contributed by atoms with Crippen molar-refractivity contribution in [3.05, 3.63) is 12.2 Å². The topological polar surface area (TPSA) is 326 Å². The molecule has 0 aliphatic carbocycles. The monoisotopic (exact) mass is 1260 g/mol. The molecule has 26 heteroatoms. The van der Waals surface area contributed by atoms with Gasteiger partial charge in [0.25, 0.3) is 5.91 Å². The van der Waals surface area contributed by atoms with Crippen LogP contribution in [0.25, 0.3) is 0 Å². The molecule has 7 N–H and O–H groups in total. The van der Waals surface area contributed by atoms with E-state index in [-0.39, 0.29) is 56.0 Å². The highest BCUT2D eigenvalue weighted by atomic mass is 16.7. The van der Waals surface area contributed by atoms with Crippen LogP contribution in [0.5, 0.6) is 0 Å². The SMILES string of the molecule is C/C=C/C[C@@H](C)[C@H]1ON(C(=O)[C@H](C(C)C)N(C)C(=O)[C@H](CC(C)C)N(C)C(=O)[C@H](CC(C)C)N(C)C(=O)[C@@H](C)NC(=O)[C@H](C)NC(=O)[C@H](CC(C)C)N(C)C(=O)[C@@H](NC(=O)[C@@H](NC)[C@H](C)OCCCCO)C(C)C)[C@@H]1C(=O)N[C@@H](CC)C(=O)N(C)CC(=O)O. The molecule has 1 rings (SSSR count). The molecule has 0 unspecified atom stereocenters. The van der Waals surface area contributed by atoms with Crippen molar-refractivity contribution >= 4 is 65.0 Å². The Morgan fingerprint density at radius 1 is 0.596 bits per heavy atom. The van der Waals surface area contributed by atoms with E-state index < -0.39 is 156 Å². The number of hydrogen-bond acceptors (Lipinski definition) is 15. The number of unbranched alkanes of at least 4 members (excludes halogenated alkanes) is 1. The van der Waals surface area contributed by atoms with Gasteiger partial charge in [0.2, 0.25) is 53.2 Å². The molecule has 1 fully saturated rings. The molecule has 13 atom stereocenters. The Bertz CT molecular complexity index is 2390. The van der Waals surface area contributed by atoms with Gasteiger partial charge in [-0.1, -0.05) is 95.2 Å². The predicted molar refractivity (Wildman–Crippen MR) is 338 cm³/mol. The van der Waals surface area contributed by atoms with Crippen molar-refractivity contribution in [2.75, 3.05) is 62.0 Å². The molecule has 1 heterocycles. The van der Waals surface area contributed by atoms with Gasteiger partial charge in [0.15, 0.2) is 6.04 Å². The predicted octanol–water partition coefficient (Wildman–Crippen LogP) is 2.56. The smallest absolute Gasteiger partial charge is 0.323 e. The number of rotatable bonds is 39. The number of aliphatic hydroxyl groups is 1. The molecular weight excluding hydrogens is 1150 g/mol. The first kappa shape index (κ1) is 80.8. The average molecular weight is 1260 g/mol. The Balaban J connectivity index is 3.50. The van der Waals surface area contributed by atoms with Gasteiger partial charge in [0, 0.05) is 48.5 Å². The standard InChI is InChI=1S/C63H113N11O15/c1-23-25-28-40(13)53-52(57(81)67-44(24-2)59(83)69(18)34-48(76)77)74(89-53)63(87)51(39(11)12)73(22)61(85)47(33-37(7)8)72(21)60(84)46(32-36(5)6)71(20)58(82)42(15)66-54(78)41(14)65-55(79)45(31-35(3)4)70(19)62(86)49(38(9)10)68-56(80)50(64-17)43(16)88-30-27-26-29-75/h23,25,35-47,49-53,64,75H,24,26-34H2,1-22H3,(H,65,79)(H,66,78)(H,67,81)(H,68,80)(H,76,77)/b25-23+/t40-,41+,42-,43+,44+,45+,46+,47+,49+,50+,51+,52+,53-/m1/s1. The highest BCUT2D eigenvalue weighted by molar-refractivity contribution is 5.99. The number of ether oxygens (including phenoxy) is 1. The van der Waals surface area contributed by atoms with E-state index in [0.717, 1.165) is 9.96 Å². The fourth-order valence-corrected chi connectivity index (χ4v) is 10.8. The lowest BCUT2D eigenvalue weighted by molar-refractivity contribution is -0.321. The number of aliphatic carboxylic acids is 1. The average Bonchev–Trinajstić information content (AvgIpc) is 0.812. The van der Waals surface area contributed by atoms with Crippen LogP contribution >= 0.6 is 0 Å². The number of aliphatic hydroxyl groups excluding tert-OH is 1. The molecule has 26 nitrogen and oxygen atoms in total. The van der Waals surface area contributed by atoms with E-state index in [0.29, 0.717) is 25.9 Å². The molecule has 1 aliphatic heterocycles. The number of hydrogen-bond donors (Lipinski definition) is 7.